The van der Waals surface area contributed by atoms with Gasteiger partial charge in [0, 0.05) is 5.69 Å². The van der Waals surface area contributed by atoms with Crippen molar-refractivity contribution in [3.05, 3.63) is 47.5 Å². The Kier molecular flexibility index (Phi) is 4.48. The number of benzene rings is 1. The van der Waals surface area contributed by atoms with E-state index < -0.39 is 32.7 Å². The van der Waals surface area contributed by atoms with Crippen molar-refractivity contribution >= 4 is 27.5 Å². The topological polar surface area (TPSA) is 132 Å². The molecule has 122 valence electrons. The second-order valence-corrected chi connectivity index (χ2v) is 6.16. The van der Waals surface area contributed by atoms with Gasteiger partial charge < -0.3 is 15.5 Å². The molecule has 2 rings (SSSR count). The average Bonchev–Trinajstić information content (AvgIpc) is 2.99. The van der Waals surface area contributed by atoms with Crippen LogP contribution in [0.1, 0.15) is 20.9 Å². The molecule has 0 unspecified atom stereocenters. The molecule has 2 aromatic rings. The van der Waals surface area contributed by atoms with Crippen LogP contribution in [0, 0.1) is 5.82 Å². The first kappa shape index (κ1) is 16.6. The fourth-order valence-corrected chi connectivity index (χ4v) is 2.32. The molecule has 4 N–H and O–H groups in total. The van der Waals surface area contributed by atoms with Gasteiger partial charge in [-0.05, 0) is 37.4 Å². The van der Waals surface area contributed by atoms with Crippen molar-refractivity contribution in [2.24, 2.45) is 5.73 Å². The fourth-order valence-electron chi connectivity index (χ4n) is 1.67. The first-order valence-corrected chi connectivity index (χ1v) is 7.67. The SMILES string of the molecule is CNS(=O)(=O)c1ccc(C(=O)Nc2ccc(F)c(C(N)=O)c2)o1. The molecule has 0 saturated heterocycles. The summed E-state index contributed by atoms with van der Waals surface area (Å²) in [6.07, 6.45) is 0. The number of hydrogen-bond donors (Lipinski definition) is 3. The minimum absolute atomic E-state index is 0.0969. The Bertz CT molecular complexity index is 875. The molecule has 0 aliphatic rings. The number of carbonyl (C=O) groups is 2. The normalized spacial score (nSPS) is 11.2. The van der Waals surface area contributed by atoms with Crippen LogP contribution in [0.25, 0.3) is 0 Å². The van der Waals surface area contributed by atoms with Crippen LogP contribution >= 0.6 is 0 Å². The van der Waals surface area contributed by atoms with E-state index in [-0.39, 0.29) is 17.0 Å². The van der Waals surface area contributed by atoms with Gasteiger partial charge in [0.15, 0.2) is 5.76 Å². The number of hydrogen-bond acceptors (Lipinski definition) is 5. The second kappa shape index (κ2) is 6.18. The number of halogens is 1. The van der Waals surface area contributed by atoms with Crippen molar-refractivity contribution in [1.82, 2.24) is 4.72 Å². The molecule has 0 radical (unpaired) electrons. The Morgan fingerprint density at radius 2 is 1.91 bits per heavy atom. The predicted molar refractivity (Wildman–Crippen MR) is 77.8 cm³/mol. The maximum atomic E-state index is 13.3. The number of primary amides is 1. The third kappa shape index (κ3) is 3.55. The lowest BCUT2D eigenvalue weighted by atomic mass is 10.1. The molecular weight excluding hydrogens is 329 g/mol. The number of furan rings is 1. The molecule has 0 aliphatic carbocycles. The summed E-state index contributed by atoms with van der Waals surface area (Å²) in [6.45, 7) is 0. The van der Waals surface area contributed by atoms with Gasteiger partial charge in [-0.25, -0.2) is 17.5 Å². The fraction of sp³-hybridized carbons (Fsp3) is 0.0769. The zero-order valence-electron chi connectivity index (χ0n) is 11.8. The van der Waals surface area contributed by atoms with Crippen molar-refractivity contribution in [1.29, 1.82) is 0 Å². The van der Waals surface area contributed by atoms with Gasteiger partial charge in [0.2, 0.25) is 5.09 Å². The Morgan fingerprint density at radius 3 is 2.52 bits per heavy atom. The van der Waals surface area contributed by atoms with Crippen LogP contribution in [0.3, 0.4) is 0 Å². The van der Waals surface area contributed by atoms with Crippen LogP contribution in [0.4, 0.5) is 10.1 Å². The summed E-state index contributed by atoms with van der Waals surface area (Å²) >= 11 is 0. The average molecular weight is 341 g/mol. The smallest absolute Gasteiger partial charge is 0.291 e. The van der Waals surface area contributed by atoms with Gasteiger partial charge in [0.1, 0.15) is 5.82 Å². The number of nitrogens with one attached hydrogen (secondary N) is 2. The molecule has 0 fully saturated rings. The van der Waals surface area contributed by atoms with E-state index in [1.54, 1.807) is 0 Å². The van der Waals surface area contributed by atoms with E-state index in [2.05, 4.69) is 5.32 Å². The standard InChI is InChI=1S/C13H12FN3O5S/c1-16-23(20,21)11-5-4-10(22-11)13(19)17-7-2-3-9(14)8(6-7)12(15)18/h2-6,16H,1H3,(H2,15,18)(H,17,19). The molecule has 0 spiro atoms. The first-order valence-electron chi connectivity index (χ1n) is 6.18. The van der Waals surface area contributed by atoms with Crippen LogP contribution < -0.4 is 15.8 Å². The zero-order valence-corrected chi connectivity index (χ0v) is 12.6. The molecule has 0 bridgehead atoms. The number of nitrogens with two attached hydrogens (primary N) is 1. The summed E-state index contributed by atoms with van der Waals surface area (Å²) in [5.41, 5.74) is 4.72. The van der Waals surface area contributed by atoms with Crippen molar-refractivity contribution < 1.29 is 26.8 Å². The summed E-state index contributed by atoms with van der Waals surface area (Å²) in [5, 5.41) is 1.91. The molecule has 2 amide bonds. The molecule has 23 heavy (non-hydrogen) atoms. The molecule has 0 aliphatic heterocycles. The summed E-state index contributed by atoms with van der Waals surface area (Å²) in [6, 6.07) is 5.52. The number of rotatable bonds is 5. The number of sulfonamides is 1. The van der Waals surface area contributed by atoms with Crippen LogP contribution in [0.5, 0.6) is 0 Å². The van der Waals surface area contributed by atoms with Crippen molar-refractivity contribution in [2.75, 3.05) is 12.4 Å². The highest BCUT2D eigenvalue weighted by molar-refractivity contribution is 7.89. The van der Waals surface area contributed by atoms with Gasteiger partial charge in [0.25, 0.3) is 21.8 Å². The summed E-state index contributed by atoms with van der Waals surface area (Å²) in [5.74, 6) is -2.86. The maximum Gasteiger partial charge on any atom is 0.291 e. The lowest BCUT2D eigenvalue weighted by Crippen LogP contribution is -2.18. The Labute approximate surface area is 130 Å². The molecule has 8 nitrogen and oxygen atoms in total. The lowest BCUT2D eigenvalue weighted by molar-refractivity contribution is 0.0983. The van der Waals surface area contributed by atoms with E-state index >= 15 is 0 Å². The third-order valence-electron chi connectivity index (χ3n) is 2.83. The molecule has 1 aromatic carbocycles. The van der Waals surface area contributed by atoms with E-state index in [9.17, 15) is 22.4 Å². The molecular formula is C13H12FN3O5S. The predicted octanol–water partition coefficient (Wildman–Crippen LogP) is 0.678. The highest BCUT2D eigenvalue weighted by atomic mass is 32.2. The number of anilines is 1. The minimum Gasteiger partial charge on any atom is -0.438 e. The Hall–Kier alpha value is -2.72. The summed E-state index contributed by atoms with van der Waals surface area (Å²) in [7, 11) is -2.62. The van der Waals surface area contributed by atoms with Gasteiger partial charge in [-0.2, -0.15) is 0 Å². The highest BCUT2D eigenvalue weighted by Crippen LogP contribution is 2.18. The van der Waals surface area contributed by atoms with Crippen molar-refractivity contribution in [2.45, 2.75) is 5.09 Å². The van der Waals surface area contributed by atoms with Crippen LogP contribution in [-0.4, -0.2) is 27.3 Å². The summed E-state index contributed by atoms with van der Waals surface area (Å²) in [4.78, 5) is 23.0. The Balaban J connectivity index is 2.23. The van der Waals surface area contributed by atoms with E-state index in [1.807, 2.05) is 4.72 Å². The lowest BCUT2D eigenvalue weighted by Gasteiger charge is -2.05. The Morgan fingerprint density at radius 1 is 1.22 bits per heavy atom. The maximum absolute atomic E-state index is 13.3. The molecule has 0 saturated carbocycles. The van der Waals surface area contributed by atoms with Gasteiger partial charge in [-0.3, -0.25) is 9.59 Å². The van der Waals surface area contributed by atoms with E-state index in [0.717, 1.165) is 24.3 Å². The largest absolute Gasteiger partial charge is 0.438 e. The van der Waals surface area contributed by atoms with Gasteiger partial charge in [-0.1, -0.05) is 0 Å². The van der Waals surface area contributed by atoms with Crippen LogP contribution in [0.2, 0.25) is 0 Å². The van der Waals surface area contributed by atoms with Gasteiger partial charge in [0.05, 0.1) is 5.56 Å². The van der Waals surface area contributed by atoms with Crippen LogP contribution in [-0.2, 0) is 10.0 Å². The molecule has 1 heterocycles. The molecule has 1 aromatic heterocycles. The van der Waals surface area contributed by atoms with Gasteiger partial charge >= 0.3 is 0 Å². The number of carbonyl (C=O) groups excluding carboxylic acids is 2. The van der Waals surface area contributed by atoms with Crippen LogP contribution in [0.15, 0.2) is 39.8 Å². The van der Waals surface area contributed by atoms with Crippen molar-refractivity contribution in [3.63, 3.8) is 0 Å². The monoisotopic (exact) mass is 341 g/mol. The van der Waals surface area contributed by atoms with Gasteiger partial charge in [-0.15, -0.1) is 0 Å². The van der Waals surface area contributed by atoms with E-state index in [1.165, 1.54) is 13.1 Å². The zero-order chi connectivity index (χ0) is 17.2. The highest BCUT2D eigenvalue weighted by Gasteiger charge is 2.20. The summed E-state index contributed by atoms with van der Waals surface area (Å²) < 4.78 is 43.4. The molecule has 0 atom stereocenters. The molecule has 10 heteroatoms. The van der Waals surface area contributed by atoms with E-state index in [0.29, 0.717) is 0 Å². The first-order chi connectivity index (χ1) is 10.7. The minimum atomic E-state index is -3.81. The van der Waals surface area contributed by atoms with E-state index in [4.69, 9.17) is 10.2 Å². The number of amides is 2. The quantitative estimate of drug-likeness (QED) is 0.736. The third-order valence-corrected chi connectivity index (χ3v) is 4.11. The van der Waals surface area contributed by atoms with Crippen molar-refractivity contribution in [3.8, 4) is 0 Å². The second-order valence-electron chi connectivity index (χ2n) is 4.34.